The zero-order valence-electron chi connectivity index (χ0n) is 10.3. The molecule has 0 fully saturated rings. The van der Waals surface area contributed by atoms with Crippen LogP contribution in [0.5, 0.6) is 0 Å². The molecule has 0 amide bonds. The van der Waals surface area contributed by atoms with Crippen LogP contribution in [0.3, 0.4) is 0 Å². The van der Waals surface area contributed by atoms with Crippen LogP contribution in [-0.2, 0) is 22.6 Å². The normalized spacial score (nSPS) is 10.9. The van der Waals surface area contributed by atoms with Crippen molar-refractivity contribution in [3.05, 3.63) is 23.2 Å². The predicted octanol–water partition coefficient (Wildman–Crippen LogP) is 1.86. The number of methoxy groups -OCH3 is 1. The van der Waals surface area contributed by atoms with Crippen molar-refractivity contribution in [1.82, 2.24) is 5.32 Å². The number of aryl methyl sites for hydroxylation is 1. The molecule has 1 aromatic heterocycles. The van der Waals surface area contributed by atoms with E-state index in [4.69, 9.17) is 13.9 Å². The second kappa shape index (κ2) is 7.44. The molecule has 0 bridgehead atoms. The average Bonchev–Trinajstić information content (AvgIpc) is 2.63. The minimum absolute atomic E-state index is 0.510. The maximum Gasteiger partial charge on any atom is 0.130 e. The summed E-state index contributed by atoms with van der Waals surface area (Å²) in [4.78, 5) is 0. The van der Waals surface area contributed by atoms with Gasteiger partial charge < -0.3 is 19.2 Å². The summed E-state index contributed by atoms with van der Waals surface area (Å²) in [6, 6.07) is 2.03. The van der Waals surface area contributed by atoms with Crippen molar-refractivity contribution in [2.24, 2.45) is 0 Å². The maximum atomic E-state index is 5.67. The van der Waals surface area contributed by atoms with E-state index < -0.39 is 0 Å². The number of rotatable bonds is 8. The number of ether oxygens (including phenoxy) is 2. The third-order valence-electron chi connectivity index (χ3n) is 2.28. The van der Waals surface area contributed by atoms with Gasteiger partial charge in [-0.3, -0.25) is 0 Å². The summed E-state index contributed by atoms with van der Waals surface area (Å²) in [6.07, 6.45) is 0. The molecule has 4 heteroatoms. The lowest BCUT2D eigenvalue weighted by Gasteiger charge is -2.01. The summed E-state index contributed by atoms with van der Waals surface area (Å²) in [6.45, 7) is 7.57. The average molecular weight is 227 g/mol. The lowest BCUT2D eigenvalue weighted by atomic mass is 10.2. The Morgan fingerprint density at radius 1 is 1.38 bits per heavy atom. The van der Waals surface area contributed by atoms with Crippen LogP contribution >= 0.6 is 0 Å². The fourth-order valence-electron chi connectivity index (χ4n) is 1.39. The Labute approximate surface area is 96.9 Å². The molecule has 0 aliphatic carbocycles. The van der Waals surface area contributed by atoms with Crippen molar-refractivity contribution in [3.8, 4) is 0 Å². The highest BCUT2D eigenvalue weighted by atomic mass is 16.5. The van der Waals surface area contributed by atoms with Gasteiger partial charge in [0.15, 0.2) is 0 Å². The van der Waals surface area contributed by atoms with Gasteiger partial charge in [-0.1, -0.05) is 6.92 Å². The SMILES string of the molecule is CCNCc1oc(COCCOC)cc1C. The Bertz CT molecular complexity index is 296. The molecule has 0 saturated heterocycles. The number of hydrogen-bond donors (Lipinski definition) is 1. The molecule has 16 heavy (non-hydrogen) atoms. The van der Waals surface area contributed by atoms with Gasteiger partial charge in [-0.25, -0.2) is 0 Å². The zero-order valence-corrected chi connectivity index (χ0v) is 10.3. The molecule has 92 valence electrons. The van der Waals surface area contributed by atoms with Gasteiger partial charge in [0.05, 0.1) is 19.8 Å². The van der Waals surface area contributed by atoms with Crippen LogP contribution in [-0.4, -0.2) is 26.9 Å². The molecule has 0 saturated carbocycles. The molecule has 0 aliphatic rings. The van der Waals surface area contributed by atoms with E-state index in [0.717, 1.165) is 24.6 Å². The van der Waals surface area contributed by atoms with E-state index >= 15 is 0 Å². The minimum Gasteiger partial charge on any atom is -0.462 e. The first-order valence-corrected chi connectivity index (χ1v) is 5.63. The highest BCUT2D eigenvalue weighted by Gasteiger charge is 2.06. The molecule has 0 unspecified atom stereocenters. The van der Waals surface area contributed by atoms with Crippen molar-refractivity contribution >= 4 is 0 Å². The van der Waals surface area contributed by atoms with E-state index in [1.54, 1.807) is 7.11 Å². The second-order valence-electron chi connectivity index (χ2n) is 3.64. The molecule has 1 N–H and O–H groups in total. The first-order valence-electron chi connectivity index (χ1n) is 5.63. The van der Waals surface area contributed by atoms with Gasteiger partial charge in [-0.2, -0.15) is 0 Å². The summed E-state index contributed by atoms with van der Waals surface area (Å²) in [5, 5.41) is 3.24. The zero-order chi connectivity index (χ0) is 11.8. The van der Waals surface area contributed by atoms with Crippen molar-refractivity contribution in [2.45, 2.75) is 27.0 Å². The van der Waals surface area contributed by atoms with Crippen molar-refractivity contribution in [2.75, 3.05) is 26.9 Å². The first kappa shape index (κ1) is 13.2. The quantitative estimate of drug-likeness (QED) is 0.688. The second-order valence-corrected chi connectivity index (χ2v) is 3.64. The van der Waals surface area contributed by atoms with E-state index in [0.29, 0.717) is 19.8 Å². The highest BCUT2D eigenvalue weighted by molar-refractivity contribution is 5.19. The van der Waals surface area contributed by atoms with Gasteiger partial charge in [-0.05, 0) is 25.1 Å². The summed E-state index contributed by atoms with van der Waals surface area (Å²) >= 11 is 0. The maximum absolute atomic E-state index is 5.67. The summed E-state index contributed by atoms with van der Waals surface area (Å²) in [7, 11) is 1.66. The van der Waals surface area contributed by atoms with Gasteiger partial charge in [-0.15, -0.1) is 0 Å². The third-order valence-corrected chi connectivity index (χ3v) is 2.28. The van der Waals surface area contributed by atoms with Gasteiger partial charge >= 0.3 is 0 Å². The molecular formula is C12H21NO3. The van der Waals surface area contributed by atoms with Crippen LogP contribution in [0.15, 0.2) is 10.5 Å². The van der Waals surface area contributed by atoms with Crippen molar-refractivity contribution in [1.29, 1.82) is 0 Å². The van der Waals surface area contributed by atoms with E-state index in [1.165, 1.54) is 5.56 Å². The molecule has 4 nitrogen and oxygen atoms in total. The lowest BCUT2D eigenvalue weighted by molar-refractivity contribution is 0.0533. The highest BCUT2D eigenvalue weighted by Crippen LogP contribution is 2.15. The van der Waals surface area contributed by atoms with Crippen LogP contribution in [0.4, 0.5) is 0 Å². The molecule has 1 aromatic rings. The Kier molecular flexibility index (Phi) is 6.15. The minimum atomic E-state index is 0.510. The summed E-state index contributed by atoms with van der Waals surface area (Å²) in [5.74, 6) is 1.87. The molecule has 0 aromatic carbocycles. The Morgan fingerprint density at radius 3 is 2.88 bits per heavy atom. The molecule has 0 atom stereocenters. The first-order chi connectivity index (χ1) is 7.77. The van der Waals surface area contributed by atoms with Crippen molar-refractivity contribution < 1.29 is 13.9 Å². The van der Waals surface area contributed by atoms with E-state index in [2.05, 4.69) is 19.2 Å². The van der Waals surface area contributed by atoms with E-state index in [-0.39, 0.29) is 0 Å². The molecule has 0 spiro atoms. The molecule has 1 rings (SSSR count). The topological polar surface area (TPSA) is 43.6 Å². The Balaban J connectivity index is 2.36. The van der Waals surface area contributed by atoms with Crippen LogP contribution in [0, 0.1) is 6.92 Å². The largest absolute Gasteiger partial charge is 0.462 e. The van der Waals surface area contributed by atoms with Gasteiger partial charge in [0.25, 0.3) is 0 Å². The predicted molar refractivity (Wildman–Crippen MR) is 62.4 cm³/mol. The van der Waals surface area contributed by atoms with Gasteiger partial charge in [0.1, 0.15) is 18.1 Å². The summed E-state index contributed by atoms with van der Waals surface area (Å²) in [5.41, 5.74) is 1.17. The molecule has 0 radical (unpaired) electrons. The fraction of sp³-hybridized carbons (Fsp3) is 0.667. The van der Waals surface area contributed by atoms with Gasteiger partial charge in [0, 0.05) is 7.11 Å². The summed E-state index contributed by atoms with van der Waals surface area (Å²) < 4.78 is 16.0. The molecule has 0 aliphatic heterocycles. The van der Waals surface area contributed by atoms with Crippen LogP contribution in [0.1, 0.15) is 24.0 Å². The van der Waals surface area contributed by atoms with Gasteiger partial charge in [0.2, 0.25) is 0 Å². The molecular weight excluding hydrogens is 206 g/mol. The Morgan fingerprint density at radius 2 is 2.19 bits per heavy atom. The van der Waals surface area contributed by atoms with E-state index in [1.807, 2.05) is 6.07 Å². The van der Waals surface area contributed by atoms with Crippen molar-refractivity contribution in [3.63, 3.8) is 0 Å². The van der Waals surface area contributed by atoms with Crippen LogP contribution in [0.25, 0.3) is 0 Å². The lowest BCUT2D eigenvalue weighted by Crippen LogP contribution is -2.11. The smallest absolute Gasteiger partial charge is 0.130 e. The van der Waals surface area contributed by atoms with Crippen LogP contribution in [0.2, 0.25) is 0 Å². The number of furan rings is 1. The monoisotopic (exact) mass is 227 g/mol. The standard InChI is InChI=1S/C12H21NO3/c1-4-13-8-12-10(2)7-11(16-12)9-15-6-5-14-3/h7,13H,4-6,8-9H2,1-3H3. The van der Waals surface area contributed by atoms with Crippen LogP contribution < -0.4 is 5.32 Å². The van der Waals surface area contributed by atoms with E-state index in [9.17, 15) is 0 Å². The Hall–Kier alpha value is -0.840. The third kappa shape index (κ3) is 4.35. The number of nitrogens with one attached hydrogen (secondary N) is 1. The molecule has 1 heterocycles. The number of hydrogen-bond acceptors (Lipinski definition) is 4. The fourth-order valence-corrected chi connectivity index (χ4v) is 1.39.